The summed E-state index contributed by atoms with van der Waals surface area (Å²) in [7, 11) is 0. The summed E-state index contributed by atoms with van der Waals surface area (Å²) in [6, 6.07) is 13.7. The number of hydrogen-bond donors (Lipinski definition) is 3. The Hall–Kier alpha value is -5.46. The lowest BCUT2D eigenvalue weighted by Crippen LogP contribution is -2.11. The van der Waals surface area contributed by atoms with Gasteiger partial charge in [0, 0.05) is 0 Å². The van der Waals surface area contributed by atoms with Gasteiger partial charge in [-0.1, -0.05) is 0 Å². The number of nitriles is 1. The number of hydrogen-bond acceptors (Lipinski definition) is 7. The molecule has 0 unspecified atom stereocenters. The van der Waals surface area contributed by atoms with Gasteiger partial charge in [-0.05, 0) is 60.7 Å². The van der Waals surface area contributed by atoms with E-state index in [0.29, 0.717) is 11.8 Å². The zero-order valence-corrected chi connectivity index (χ0v) is 23.0. The van der Waals surface area contributed by atoms with Crippen molar-refractivity contribution in [1.29, 1.82) is 5.26 Å². The third-order valence-electron chi connectivity index (χ3n) is 5.00. The molecule has 0 amide bonds. The van der Waals surface area contributed by atoms with Crippen LogP contribution in [0.4, 0.5) is 26.3 Å². The summed E-state index contributed by atoms with van der Waals surface area (Å²) in [5, 5.41) is 34.5. The highest BCUT2D eigenvalue weighted by Crippen LogP contribution is 2.36. The van der Waals surface area contributed by atoms with Crippen LogP contribution in [0.2, 0.25) is 0 Å². The Balaban J connectivity index is 0.000000341. The van der Waals surface area contributed by atoms with Crippen molar-refractivity contribution in [3.63, 3.8) is 0 Å². The SMILES string of the molecule is N#Cc1cc(C(=O)O)ccc1OCCF.O=C(O)c1ccc(OCCF)c(C(F)(F)F)c1.O=C(O)c1ccc(OCCF)cc1. The first-order valence-electron chi connectivity index (χ1n) is 12.4. The molecule has 0 aliphatic heterocycles. The number of nitrogens with zero attached hydrogens (tertiary/aromatic N) is 1. The van der Waals surface area contributed by atoms with Crippen LogP contribution in [0, 0.1) is 11.3 Å². The predicted molar refractivity (Wildman–Crippen MR) is 144 cm³/mol. The van der Waals surface area contributed by atoms with Crippen LogP contribution >= 0.6 is 0 Å². The van der Waals surface area contributed by atoms with Crippen molar-refractivity contribution in [2.75, 3.05) is 39.8 Å². The van der Waals surface area contributed by atoms with Gasteiger partial charge >= 0.3 is 24.1 Å². The van der Waals surface area contributed by atoms with Gasteiger partial charge in [-0.15, -0.1) is 0 Å². The molecule has 16 heteroatoms. The zero-order chi connectivity index (χ0) is 34.0. The first-order valence-corrected chi connectivity index (χ1v) is 12.4. The molecule has 0 bridgehead atoms. The Kier molecular flexibility index (Phi) is 15.8. The Bertz CT molecular complexity index is 1460. The number of carbonyl (C=O) groups is 3. The molecule has 45 heavy (non-hydrogen) atoms. The van der Waals surface area contributed by atoms with E-state index >= 15 is 0 Å². The van der Waals surface area contributed by atoms with Crippen LogP contribution in [0.1, 0.15) is 42.2 Å². The number of carboxylic acid groups (broad SMARTS) is 3. The molecule has 0 atom stereocenters. The van der Waals surface area contributed by atoms with Crippen LogP contribution < -0.4 is 14.2 Å². The highest BCUT2D eigenvalue weighted by Gasteiger charge is 2.35. The van der Waals surface area contributed by atoms with Crippen molar-refractivity contribution < 1.29 is 70.3 Å². The lowest BCUT2D eigenvalue weighted by atomic mass is 10.1. The number of carboxylic acids is 3. The highest BCUT2D eigenvalue weighted by molar-refractivity contribution is 5.89. The molecule has 3 aromatic rings. The van der Waals surface area contributed by atoms with Crippen molar-refractivity contribution in [3.8, 4) is 23.3 Å². The summed E-state index contributed by atoms with van der Waals surface area (Å²) >= 11 is 0. The van der Waals surface area contributed by atoms with E-state index in [1.165, 1.54) is 42.5 Å². The third kappa shape index (κ3) is 13.2. The van der Waals surface area contributed by atoms with Gasteiger partial charge < -0.3 is 29.5 Å². The minimum Gasteiger partial charge on any atom is -0.491 e. The molecule has 242 valence electrons. The summed E-state index contributed by atoms with van der Waals surface area (Å²) in [6.07, 6.45) is -4.75. The number of ether oxygens (including phenoxy) is 3. The molecule has 0 saturated heterocycles. The lowest BCUT2D eigenvalue weighted by Gasteiger charge is -2.13. The molecule has 0 fully saturated rings. The monoisotopic (exact) mass is 645 g/mol. The van der Waals surface area contributed by atoms with E-state index in [9.17, 15) is 40.7 Å². The zero-order valence-electron chi connectivity index (χ0n) is 23.0. The summed E-state index contributed by atoms with van der Waals surface area (Å²) in [5.41, 5.74) is -1.47. The lowest BCUT2D eigenvalue weighted by molar-refractivity contribution is -0.139. The molecular weight excluding hydrogens is 620 g/mol. The van der Waals surface area contributed by atoms with Crippen molar-refractivity contribution in [1.82, 2.24) is 0 Å². The fourth-order valence-electron chi connectivity index (χ4n) is 3.03. The van der Waals surface area contributed by atoms with E-state index in [0.717, 1.165) is 12.1 Å². The minimum atomic E-state index is -4.75. The standard InChI is InChI=1S/C10H8F4O3.C10H8FNO3.C9H9FO3/c11-3-4-17-8-2-1-6(9(15)16)5-7(8)10(12,13)14;11-3-4-15-9-2-1-7(10(13)14)5-8(9)6-12;10-5-6-13-8-3-1-7(2-4-8)9(11)12/h1-2,5H,3-4H2,(H,15,16);1-2,5H,3-4H2,(H,13,14);1-4H,5-6H2,(H,11,12). The quantitative estimate of drug-likeness (QED) is 0.197. The molecule has 0 aliphatic rings. The largest absolute Gasteiger partial charge is 0.491 e. The van der Waals surface area contributed by atoms with E-state index in [4.69, 9.17) is 30.1 Å². The van der Waals surface area contributed by atoms with Gasteiger partial charge in [-0.2, -0.15) is 18.4 Å². The number of halogens is 6. The maximum atomic E-state index is 12.6. The third-order valence-corrected chi connectivity index (χ3v) is 5.00. The van der Waals surface area contributed by atoms with Gasteiger partial charge in [0.05, 0.1) is 27.8 Å². The topological polar surface area (TPSA) is 163 Å². The molecule has 3 N–H and O–H groups in total. The second-order valence-electron chi connectivity index (χ2n) is 8.08. The van der Waals surface area contributed by atoms with Crippen LogP contribution in [-0.2, 0) is 6.18 Å². The molecule has 0 saturated carbocycles. The Morgan fingerprint density at radius 2 is 1.07 bits per heavy atom. The molecule has 0 radical (unpaired) electrons. The number of benzene rings is 3. The molecule has 3 rings (SSSR count). The predicted octanol–water partition coefficient (Wildman–Crippen LogP) is 6.09. The minimum absolute atomic E-state index is 0.000788. The molecule has 0 heterocycles. The average molecular weight is 646 g/mol. The van der Waals surface area contributed by atoms with Crippen molar-refractivity contribution in [2.24, 2.45) is 0 Å². The van der Waals surface area contributed by atoms with Gasteiger partial charge in [0.1, 0.15) is 63.2 Å². The number of aromatic carboxylic acids is 3. The molecule has 0 spiro atoms. The van der Waals surface area contributed by atoms with Crippen LogP contribution in [0.25, 0.3) is 0 Å². The molecule has 10 nitrogen and oxygen atoms in total. The van der Waals surface area contributed by atoms with Gasteiger partial charge in [-0.25, -0.2) is 27.6 Å². The first kappa shape index (κ1) is 37.6. The van der Waals surface area contributed by atoms with E-state index in [1.54, 1.807) is 6.07 Å². The molecule has 0 aliphatic carbocycles. The average Bonchev–Trinajstić information content (AvgIpc) is 3.01. The summed E-state index contributed by atoms with van der Waals surface area (Å²) in [5.74, 6) is -3.50. The normalized spacial score (nSPS) is 10.2. The van der Waals surface area contributed by atoms with Crippen LogP contribution in [0.5, 0.6) is 17.2 Å². The van der Waals surface area contributed by atoms with Gasteiger partial charge in [0.2, 0.25) is 0 Å². The second-order valence-corrected chi connectivity index (χ2v) is 8.08. The van der Waals surface area contributed by atoms with E-state index in [1.807, 2.05) is 0 Å². The van der Waals surface area contributed by atoms with E-state index < -0.39 is 67.6 Å². The van der Waals surface area contributed by atoms with Crippen molar-refractivity contribution in [2.45, 2.75) is 6.18 Å². The molecule has 3 aromatic carbocycles. The van der Waals surface area contributed by atoms with Gasteiger partial charge in [0.25, 0.3) is 0 Å². The fourth-order valence-corrected chi connectivity index (χ4v) is 3.03. The van der Waals surface area contributed by atoms with Crippen LogP contribution in [0.15, 0.2) is 60.7 Å². The van der Waals surface area contributed by atoms with Crippen molar-refractivity contribution >= 4 is 17.9 Å². The van der Waals surface area contributed by atoms with E-state index in [2.05, 4.69) is 4.74 Å². The summed E-state index contributed by atoms with van der Waals surface area (Å²) in [4.78, 5) is 31.5. The molecular formula is C29H25F6NO9. The Morgan fingerprint density at radius 3 is 1.51 bits per heavy atom. The van der Waals surface area contributed by atoms with Crippen LogP contribution in [-0.4, -0.2) is 73.1 Å². The molecule has 0 aromatic heterocycles. The van der Waals surface area contributed by atoms with Gasteiger partial charge in [-0.3, -0.25) is 0 Å². The number of alkyl halides is 6. The van der Waals surface area contributed by atoms with Gasteiger partial charge in [0.15, 0.2) is 0 Å². The maximum Gasteiger partial charge on any atom is 0.419 e. The Morgan fingerprint density at radius 1 is 0.644 bits per heavy atom. The number of rotatable bonds is 12. The maximum absolute atomic E-state index is 12.6. The van der Waals surface area contributed by atoms with E-state index in [-0.39, 0.29) is 35.7 Å². The first-order chi connectivity index (χ1) is 21.3. The fraction of sp³-hybridized carbons (Fsp3) is 0.241. The smallest absolute Gasteiger partial charge is 0.419 e. The summed E-state index contributed by atoms with van der Waals surface area (Å²) in [6.45, 7) is -2.83. The van der Waals surface area contributed by atoms with Crippen LogP contribution in [0.3, 0.4) is 0 Å². The Labute approximate surface area is 251 Å². The van der Waals surface area contributed by atoms with Crippen molar-refractivity contribution in [3.05, 3.63) is 88.5 Å². The highest BCUT2D eigenvalue weighted by atomic mass is 19.4. The summed E-state index contributed by atoms with van der Waals surface area (Å²) < 4.78 is 87.4. The second kappa shape index (κ2) is 18.9.